The maximum absolute atomic E-state index is 12.6. The minimum atomic E-state index is -0.498. The summed E-state index contributed by atoms with van der Waals surface area (Å²) in [6, 6.07) is 6.15. The smallest absolute Gasteiger partial charge is 0.410 e. The SMILES string of the molecule is CN(C)c1cc(C2CCCN2C(=O)OC(C)(C)C)cc2cc(Cl)ncc12. The summed E-state index contributed by atoms with van der Waals surface area (Å²) in [6.07, 6.45) is 3.45. The second kappa shape index (κ2) is 6.95. The van der Waals surface area contributed by atoms with E-state index in [0.717, 1.165) is 34.9 Å². The van der Waals surface area contributed by atoms with Gasteiger partial charge in [0.2, 0.25) is 0 Å². The average molecular weight is 376 g/mol. The topological polar surface area (TPSA) is 45.7 Å². The first kappa shape index (κ1) is 18.8. The number of amides is 1. The minimum absolute atomic E-state index is 0.0138. The molecule has 0 spiro atoms. The number of likely N-dealkylation sites (tertiary alicyclic amines) is 1. The molecule has 0 bridgehead atoms. The van der Waals surface area contributed by atoms with E-state index in [2.05, 4.69) is 22.0 Å². The van der Waals surface area contributed by atoms with Crippen LogP contribution in [0.3, 0.4) is 0 Å². The van der Waals surface area contributed by atoms with E-state index in [-0.39, 0.29) is 12.1 Å². The Morgan fingerprint density at radius 3 is 2.69 bits per heavy atom. The average Bonchev–Trinajstić information content (AvgIpc) is 3.01. The third kappa shape index (κ3) is 3.88. The summed E-state index contributed by atoms with van der Waals surface area (Å²) >= 11 is 6.11. The number of halogens is 1. The minimum Gasteiger partial charge on any atom is -0.444 e. The number of hydrogen-bond acceptors (Lipinski definition) is 4. The third-order valence-electron chi connectivity index (χ3n) is 4.55. The van der Waals surface area contributed by atoms with Crippen molar-refractivity contribution in [1.82, 2.24) is 9.88 Å². The molecule has 1 aliphatic rings. The zero-order valence-electron chi connectivity index (χ0n) is 16.0. The summed E-state index contributed by atoms with van der Waals surface area (Å²) < 4.78 is 5.60. The predicted molar refractivity (Wildman–Crippen MR) is 106 cm³/mol. The van der Waals surface area contributed by atoms with Gasteiger partial charge >= 0.3 is 6.09 Å². The molecule has 0 radical (unpaired) electrons. The molecule has 0 saturated carbocycles. The molecule has 0 aliphatic carbocycles. The summed E-state index contributed by atoms with van der Waals surface area (Å²) in [6.45, 7) is 6.40. The maximum atomic E-state index is 12.6. The third-order valence-corrected chi connectivity index (χ3v) is 4.76. The van der Waals surface area contributed by atoms with Crippen LogP contribution in [-0.4, -0.2) is 42.2 Å². The van der Waals surface area contributed by atoms with Gasteiger partial charge in [0.25, 0.3) is 0 Å². The van der Waals surface area contributed by atoms with Crippen LogP contribution in [0.25, 0.3) is 10.8 Å². The van der Waals surface area contributed by atoms with Crippen LogP contribution in [0.15, 0.2) is 24.4 Å². The predicted octanol–water partition coefficient (Wildman–Crippen LogP) is 5.03. The molecule has 26 heavy (non-hydrogen) atoms. The molecular formula is C20H26ClN3O2. The van der Waals surface area contributed by atoms with Gasteiger partial charge in [0.1, 0.15) is 10.8 Å². The van der Waals surface area contributed by atoms with Crippen molar-refractivity contribution >= 4 is 34.2 Å². The van der Waals surface area contributed by atoms with Crippen LogP contribution in [0.4, 0.5) is 10.5 Å². The van der Waals surface area contributed by atoms with Gasteiger partial charge < -0.3 is 14.5 Å². The van der Waals surface area contributed by atoms with E-state index in [9.17, 15) is 4.79 Å². The second-order valence-corrected chi connectivity index (χ2v) is 8.38. The van der Waals surface area contributed by atoms with Crippen LogP contribution in [-0.2, 0) is 4.74 Å². The fourth-order valence-electron chi connectivity index (χ4n) is 3.45. The lowest BCUT2D eigenvalue weighted by Crippen LogP contribution is -2.36. The number of hydrogen-bond donors (Lipinski definition) is 0. The number of nitrogens with zero attached hydrogens (tertiary/aromatic N) is 3. The Bertz CT molecular complexity index is 830. The lowest BCUT2D eigenvalue weighted by atomic mass is 9.99. The van der Waals surface area contributed by atoms with Gasteiger partial charge in [0.05, 0.1) is 6.04 Å². The Morgan fingerprint density at radius 1 is 1.31 bits per heavy atom. The van der Waals surface area contributed by atoms with Gasteiger partial charge in [0, 0.05) is 37.9 Å². The monoisotopic (exact) mass is 375 g/mol. The first-order valence-electron chi connectivity index (χ1n) is 8.92. The van der Waals surface area contributed by atoms with Gasteiger partial charge in [-0.25, -0.2) is 9.78 Å². The molecule has 1 atom stereocenters. The molecule has 1 saturated heterocycles. The standard InChI is InChI=1S/C20H26ClN3O2/c1-20(2,3)26-19(25)24-8-6-7-16(24)14-9-13-11-18(21)22-12-15(13)17(10-14)23(4)5/h9-12,16H,6-8H2,1-5H3. The fourth-order valence-corrected chi connectivity index (χ4v) is 3.62. The highest BCUT2D eigenvalue weighted by Crippen LogP contribution is 2.38. The van der Waals surface area contributed by atoms with E-state index in [1.54, 1.807) is 6.20 Å². The number of fused-ring (bicyclic) bond motifs is 1. The summed E-state index contributed by atoms with van der Waals surface area (Å²) in [5, 5.41) is 2.54. The van der Waals surface area contributed by atoms with E-state index in [1.807, 2.05) is 45.8 Å². The van der Waals surface area contributed by atoms with E-state index in [4.69, 9.17) is 16.3 Å². The fraction of sp³-hybridized carbons (Fsp3) is 0.500. The van der Waals surface area contributed by atoms with E-state index < -0.39 is 5.60 Å². The second-order valence-electron chi connectivity index (χ2n) is 7.99. The zero-order chi connectivity index (χ0) is 19.1. The van der Waals surface area contributed by atoms with Crippen LogP contribution in [0.2, 0.25) is 5.15 Å². The summed E-state index contributed by atoms with van der Waals surface area (Å²) in [7, 11) is 4.01. The Labute approximate surface area is 159 Å². The van der Waals surface area contributed by atoms with E-state index in [1.165, 1.54) is 0 Å². The summed E-state index contributed by atoms with van der Waals surface area (Å²) in [4.78, 5) is 20.8. The van der Waals surface area contributed by atoms with Crippen molar-refractivity contribution < 1.29 is 9.53 Å². The summed E-state index contributed by atoms with van der Waals surface area (Å²) in [5.74, 6) is 0. The number of rotatable bonds is 2. The van der Waals surface area contributed by atoms with Crippen molar-refractivity contribution in [2.75, 3.05) is 25.5 Å². The molecule has 1 aromatic carbocycles. The number of pyridine rings is 1. The number of anilines is 1. The molecule has 1 amide bonds. The van der Waals surface area contributed by atoms with Gasteiger partial charge in [-0.15, -0.1) is 0 Å². The van der Waals surface area contributed by atoms with Gasteiger partial charge in [-0.3, -0.25) is 0 Å². The number of carbonyl (C=O) groups is 1. The van der Waals surface area contributed by atoms with Crippen molar-refractivity contribution in [2.24, 2.45) is 0 Å². The number of carbonyl (C=O) groups excluding carboxylic acids is 1. The first-order chi connectivity index (χ1) is 12.2. The van der Waals surface area contributed by atoms with Gasteiger partial charge in [-0.05, 0) is 62.8 Å². The number of benzene rings is 1. The van der Waals surface area contributed by atoms with Crippen molar-refractivity contribution in [3.63, 3.8) is 0 Å². The Balaban J connectivity index is 2.02. The van der Waals surface area contributed by atoms with Crippen LogP contribution in [0.5, 0.6) is 0 Å². The van der Waals surface area contributed by atoms with Crippen LogP contribution in [0.1, 0.15) is 45.2 Å². The van der Waals surface area contributed by atoms with Gasteiger partial charge in [0.15, 0.2) is 0 Å². The van der Waals surface area contributed by atoms with E-state index >= 15 is 0 Å². The largest absolute Gasteiger partial charge is 0.444 e. The van der Waals surface area contributed by atoms with Crippen molar-refractivity contribution in [2.45, 2.75) is 45.3 Å². The summed E-state index contributed by atoms with van der Waals surface area (Å²) in [5.41, 5.74) is 1.67. The zero-order valence-corrected chi connectivity index (χ0v) is 16.8. The number of ether oxygens (including phenoxy) is 1. The maximum Gasteiger partial charge on any atom is 0.410 e. The molecular weight excluding hydrogens is 350 g/mol. The van der Waals surface area contributed by atoms with E-state index in [0.29, 0.717) is 11.7 Å². The highest BCUT2D eigenvalue weighted by atomic mass is 35.5. The highest BCUT2D eigenvalue weighted by molar-refractivity contribution is 6.30. The van der Waals surface area contributed by atoms with Crippen molar-refractivity contribution in [3.05, 3.63) is 35.1 Å². The lowest BCUT2D eigenvalue weighted by molar-refractivity contribution is 0.0224. The molecule has 0 N–H and O–H groups in total. The van der Waals surface area contributed by atoms with Crippen molar-refractivity contribution in [3.8, 4) is 0 Å². The molecule has 3 rings (SSSR count). The normalized spacial score (nSPS) is 17.6. The Hall–Kier alpha value is -2.01. The molecule has 1 fully saturated rings. The van der Waals surface area contributed by atoms with Crippen LogP contribution in [0, 0.1) is 0 Å². The molecule has 2 heterocycles. The molecule has 1 aliphatic heterocycles. The Morgan fingerprint density at radius 2 is 2.04 bits per heavy atom. The molecule has 2 aromatic rings. The van der Waals surface area contributed by atoms with Crippen LogP contribution < -0.4 is 4.90 Å². The quantitative estimate of drug-likeness (QED) is 0.691. The number of aromatic nitrogens is 1. The van der Waals surface area contributed by atoms with Crippen LogP contribution >= 0.6 is 11.6 Å². The van der Waals surface area contributed by atoms with Gasteiger partial charge in [-0.1, -0.05) is 11.6 Å². The van der Waals surface area contributed by atoms with Gasteiger partial charge in [-0.2, -0.15) is 0 Å². The Kier molecular flexibility index (Phi) is 5.02. The highest BCUT2D eigenvalue weighted by Gasteiger charge is 2.33. The first-order valence-corrected chi connectivity index (χ1v) is 9.29. The molecule has 1 aromatic heterocycles. The molecule has 6 heteroatoms. The molecule has 5 nitrogen and oxygen atoms in total. The lowest BCUT2D eigenvalue weighted by Gasteiger charge is -2.29. The molecule has 140 valence electrons. The molecule has 1 unspecified atom stereocenters. The van der Waals surface area contributed by atoms with Crippen molar-refractivity contribution in [1.29, 1.82) is 0 Å².